The minimum absolute atomic E-state index is 0.0963. The van der Waals surface area contributed by atoms with E-state index in [1.54, 1.807) is 0 Å². The first-order chi connectivity index (χ1) is 13.9. The highest BCUT2D eigenvalue weighted by Gasteiger charge is 2.17. The molecule has 0 spiro atoms. The van der Waals surface area contributed by atoms with Gasteiger partial charge in [0.1, 0.15) is 5.82 Å². The number of rotatable bonds is 5. The predicted molar refractivity (Wildman–Crippen MR) is 108 cm³/mol. The smallest absolute Gasteiger partial charge is 0.261 e. The molecule has 0 saturated carbocycles. The van der Waals surface area contributed by atoms with Crippen molar-refractivity contribution in [1.29, 1.82) is 0 Å². The number of hydrogen-bond acceptors (Lipinski definition) is 4. The Bertz CT molecular complexity index is 1270. The molecule has 0 atom stereocenters. The summed E-state index contributed by atoms with van der Waals surface area (Å²) in [6, 6.07) is 18.1. The summed E-state index contributed by atoms with van der Waals surface area (Å²) < 4.78 is 40.8. The Morgan fingerprint density at radius 1 is 0.931 bits per heavy atom. The number of fused-ring (bicyclic) bond motifs is 1. The summed E-state index contributed by atoms with van der Waals surface area (Å²) in [6.07, 6.45) is 0. The molecule has 3 N–H and O–H groups in total. The minimum atomic E-state index is -3.99. The van der Waals surface area contributed by atoms with E-state index >= 15 is 0 Å². The average molecular weight is 410 g/mol. The number of sulfonamides is 1. The van der Waals surface area contributed by atoms with Crippen LogP contribution in [0.1, 0.15) is 10.4 Å². The lowest BCUT2D eigenvalue weighted by molar-refractivity contribution is 0.102. The Hall–Kier alpha value is -3.72. The molecule has 0 saturated heterocycles. The summed E-state index contributed by atoms with van der Waals surface area (Å²) >= 11 is 0. The van der Waals surface area contributed by atoms with Crippen LogP contribution in [-0.4, -0.2) is 24.3 Å². The summed E-state index contributed by atoms with van der Waals surface area (Å²) in [6.45, 7) is 0. The number of H-pyrrole nitrogens is 1. The monoisotopic (exact) mass is 410 g/mol. The van der Waals surface area contributed by atoms with E-state index in [0.717, 1.165) is 11.6 Å². The van der Waals surface area contributed by atoms with Gasteiger partial charge in [-0.25, -0.2) is 17.8 Å². The number of para-hydroxylation sites is 3. The van der Waals surface area contributed by atoms with Crippen LogP contribution in [0.15, 0.2) is 77.7 Å². The molecule has 0 fully saturated rings. The van der Waals surface area contributed by atoms with Crippen molar-refractivity contribution in [2.24, 2.45) is 0 Å². The molecular weight excluding hydrogens is 395 g/mol. The highest BCUT2D eigenvalue weighted by Crippen LogP contribution is 2.20. The second-order valence-corrected chi connectivity index (χ2v) is 7.85. The van der Waals surface area contributed by atoms with Gasteiger partial charge in [-0.15, -0.1) is 0 Å². The van der Waals surface area contributed by atoms with Gasteiger partial charge in [-0.3, -0.25) is 14.8 Å². The molecule has 1 heterocycles. The molecule has 4 rings (SSSR count). The van der Waals surface area contributed by atoms with Crippen LogP contribution in [0.25, 0.3) is 11.0 Å². The zero-order valence-electron chi connectivity index (χ0n) is 14.9. The molecule has 4 aromatic rings. The molecule has 1 amide bonds. The number of hydrogen-bond donors (Lipinski definition) is 3. The van der Waals surface area contributed by atoms with Crippen LogP contribution in [0.5, 0.6) is 0 Å². The van der Waals surface area contributed by atoms with Crippen LogP contribution in [-0.2, 0) is 10.0 Å². The van der Waals surface area contributed by atoms with Crippen LogP contribution in [0.2, 0.25) is 0 Å². The molecule has 7 nitrogen and oxygen atoms in total. The van der Waals surface area contributed by atoms with Gasteiger partial charge in [0.15, 0.2) is 0 Å². The average Bonchev–Trinajstić information content (AvgIpc) is 3.12. The molecule has 0 bridgehead atoms. The minimum Gasteiger partial charge on any atom is -0.324 e. The van der Waals surface area contributed by atoms with Gasteiger partial charge in [0, 0.05) is 5.56 Å². The summed E-state index contributed by atoms with van der Waals surface area (Å²) in [5.74, 6) is -0.845. The molecule has 146 valence electrons. The first kappa shape index (κ1) is 18.6. The number of carbonyl (C=O) groups excluding carboxylic acids is 1. The van der Waals surface area contributed by atoms with Crippen molar-refractivity contribution in [2.75, 3.05) is 10.0 Å². The highest BCUT2D eigenvalue weighted by molar-refractivity contribution is 7.92. The number of benzene rings is 3. The number of carbonyl (C=O) groups is 1. The number of halogens is 1. The molecule has 0 aliphatic heterocycles. The van der Waals surface area contributed by atoms with E-state index in [2.05, 4.69) is 20.0 Å². The van der Waals surface area contributed by atoms with Crippen molar-refractivity contribution in [2.45, 2.75) is 4.90 Å². The molecule has 0 unspecified atom stereocenters. The fourth-order valence-corrected chi connectivity index (χ4v) is 3.79. The van der Waals surface area contributed by atoms with Crippen LogP contribution < -0.4 is 10.0 Å². The second kappa shape index (κ2) is 7.36. The lowest BCUT2D eigenvalue weighted by Gasteiger charge is -2.09. The number of aromatic amines is 1. The number of aromatic nitrogens is 2. The maximum atomic E-state index is 13.7. The largest absolute Gasteiger partial charge is 0.324 e. The zero-order chi connectivity index (χ0) is 20.4. The van der Waals surface area contributed by atoms with E-state index in [9.17, 15) is 17.6 Å². The fourth-order valence-electron chi connectivity index (χ4n) is 2.72. The molecule has 1 aromatic heterocycles. The fraction of sp³-hybridized carbons (Fsp3) is 0. The van der Waals surface area contributed by atoms with Gasteiger partial charge in [0.25, 0.3) is 15.9 Å². The van der Waals surface area contributed by atoms with Crippen LogP contribution in [0.3, 0.4) is 0 Å². The molecule has 9 heteroatoms. The maximum Gasteiger partial charge on any atom is 0.261 e. The van der Waals surface area contributed by atoms with Gasteiger partial charge in [0.2, 0.25) is 5.95 Å². The van der Waals surface area contributed by atoms with Gasteiger partial charge in [-0.2, -0.15) is 0 Å². The standard InChI is InChI=1S/C20H15FN4O3S/c21-15-5-1-2-6-16(15)25-29(27,28)14-11-9-13(10-12-14)19(26)24-20-22-17-7-3-4-8-18(17)23-20/h1-12,25H,(H2,22,23,24,26). The number of imidazole rings is 1. The van der Waals surface area contributed by atoms with E-state index in [-0.39, 0.29) is 22.1 Å². The third-order valence-electron chi connectivity index (χ3n) is 4.17. The predicted octanol–water partition coefficient (Wildman–Crippen LogP) is 3.76. The van der Waals surface area contributed by atoms with Crippen molar-refractivity contribution >= 4 is 38.6 Å². The van der Waals surface area contributed by atoms with Crippen molar-refractivity contribution in [1.82, 2.24) is 9.97 Å². The highest BCUT2D eigenvalue weighted by atomic mass is 32.2. The number of amides is 1. The number of nitrogens with zero attached hydrogens (tertiary/aromatic N) is 1. The van der Waals surface area contributed by atoms with Gasteiger partial charge in [-0.05, 0) is 48.5 Å². The molecule has 0 aliphatic carbocycles. The maximum absolute atomic E-state index is 13.7. The summed E-state index contributed by atoms with van der Waals surface area (Å²) in [4.78, 5) is 19.5. The number of nitrogens with one attached hydrogen (secondary N) is 3. The van der Waals surface area contributed by atoms with Crippen molar-refractivity contribution < 1.29 is 17.6 Å². The van der Waals surface area contributed by atoms with Crippen molar-refractivity contribution in [3.8, 4) is 0 Å². The van der Waals surface area contributed by atoms with Crippen molar-refractivity contribution in [3.63, 3.8) is 0 Å². The first-order valence-corrected chi connectivity index (χ1v) is 10.0. The first-order valence-electron chi connectivity index (χ1n) is 8.56. The van der Waals surface area contributed by atoms with Gasteiger partial charge >= 0.3 is 0 Å². The van der Waals surface area contributed by atoms with E-state index in [1.807, 2.05) is 24.3 Å². The normalized spacial score (nSPS) is 11.3. The van der Waals surface area contributed by atoms with Gasteiger partial charge < -0.3 is 4.98 Å². The molecule has 0 radical (unpaired) electrons. The Morgan fingerprint density at radius 3 is 2.34 bits per heavy atom. The van der Waals surface area contributed by atoms with Crippen molar-refractivity contribution in [3.05, 3.63) is 84.2 Å². The number of anilines is 2. The topological polar surface area (TPSA) is 104 Å². The Labute approximate surface area is 165 Å². The van der Waals surface area contributed by atoms with E-state index in [0.29, 0.717) is 5.52 Å². The van der Waals surface area contributed by atoms with Gasteiger partial charge in [-0.1, -0.05) is 24.3 Å². The molecule has 29 heavy (non-hydrogen) atoms. The Morgan fingerprint density at radius 2 is 1.62 bits per heavy atom. The van der Waals surface area contributed by atoms with Crippen LogP contribution in [0.4, 0.5) is 16.0 Å². The Balaban J connectivity index is 1.50. The second-order valence-electron chi connectivity index (χ2n) is 6.17. The lowest BCUT2D eigenvalue weighted by atomic mass is 10.2. The van der Waals surface area contributed by atoms with E-state index in [4.69, 9.17) is 0 Å². The Kier molecular flexibility index (Phi) is 4.73. The third kappa shape index (κ3) is 3.94. The zero-order valence-corrected chi connectivity index (χ0v) is 15.7. The third-order valence-corrected chi connectivity index (χ3v) is 5.55. The summed E-state index contributed by atoms with van der Waals surface area (Å²) in [5, 5.41) is 2.63. The summed E-state index contributed by atoms with van der Waals surface area (Å²) in [7, 11) is -3.99. The summed E-state index contributed by atoms with van der Waals surface area (Å²) in [5.41, 5.74) is 1.58. The quantitative estimate of drug-likeness (QED) is 0.466. The van der Waals surface area contributed by atoms with Crippen LogP contribution >= 0.6 is 0 Å². The SMILES string of the molecule is O=C(Nc1nc2ccccc2[nH]1)c1ccc(S(=O)(=O)Nc2ccccc2F)cc1. The molecular formula is C20H15FN4O3S. The van der Waals surface area contributed by atoms with E-state index in [1.165, 1.54) is 42.5 Å². The van der Waals surface area contributed by atoms with E-state index < -0.39 is 21.7 Å². The van der Waals surface area contributed by atoms with Gasteiger partial charge in [0.05, 0.1) is 21.6 Å². The lowest BCUT2D eigenvalue weighted by Crippen LogP contribution is -2.15. The molecule has 0 aliphatic rings. The molecule has 3 aromatic carbocycles. The van der Waals surface area contributed by atoms with Crippen LogP contribution in [0, 0.1) is 5.82 Å².